The monoisotopic (exact) mass is 223 g/mol. The molecular weight excluding hydrogens is 206 g/mol. The summed E-state index contributed by atoms with van der Waals surface area (Å²) >= 11 is 0. The van der Waals surface area contributed by atoms with Crippen LogP contribution in [0.1, 0.15) is 13.8 Å². The van der Waals surface area contributed by atoms with Crippen molar-refractivity contribution in [3.8, 4) is 5.88 Å². The van der Waals surface area contributed by atoms with E-state index in [2.05, 4.69) is 29.1 Å². The summed E-state index contributed by atoms with van der Waals surface area (Å²) in [5.41, 5.74) is -0.130. The van der Waals surface area contributed by atoms with E-state index in [4.69, 9.17) is 9.47 Å². The van der Waals surface area contributed by atoms with E-state index in [1.54, 1.807) is 18.6 Å². The zero-order valence-corrected chi connectivity index (χ0v) is 9.64. The van der Waals surface area contributed by atoms with Gasteiger partial charge in [0, 0.05) is 25.5 Å². The Kier molecular flexibility index (Phi) is 3.36. The van der Waals surface area contributed by atoms with Crippen LogP contribution >= 0.6 is 0 Å². The lowest BCUT2D eigenvalue weighted by atomic mass is 10.1. The Bertz CT molecular complexity index is 329. The smallest absolute Gasteiger partial charge is 0.232 e. The van der Waals surface area contributed by atoms with Crippen LogP contribution in [0.15, 0.2) is 18.6 Å². The molecule has 0 spiro atoms. The third-order valence-electron chi connectivity index (χ3n) is 2.37. The third-order valence-corrected chi connectivity index (χ3v) is 2.37. The molecule has 1 saturated heterocycles. The quantitative estimate of drug-likeness (QED) is 0.814. The number of hydrogen-bond donors (Lipinski definition) is 1. The van der Waals surface area contributed by atoms with Gasteiger partial charge in [0.05, 0.1) is 11.8 Å². The lowest BCUT2D eigenvalue weighted by Crippen LogP contribution is -2.52. The van der Waals surface area contributed by atoms with E-state index in [-0.39, 0.29) is 11.7 Å². The van der Waals surface area contributed by atoms with Gasteiger partial charge in [0.2, 0.25) is 5.88 Å². The molecule has 1 atom stereocenters. The minimum atomic E-state index is -0.130. The van der Waals surface area contributed by atoms with Gasteiger partial charge < -0.3 is 14.8 Å². The maximum Gasteiger partial charge on any atom is 0.232 e. The van der Waals surface area contributed by atoms with E-state index < -0.39 is 0 Å². The molecule has 2 heterocycles. The van der Waals surface area contributed by atoms with Crippen molar-refractivity contribution in [2.24, 2.45) is 0 Å². The van der Waals surface area contributed by atoms with Crippen LogP contribution in [0.3, 0.4) is 0 Å². The molecule has 0 aromatic carbocycles. The summed E-state index contributed by atoms with van der Waals surface area (Å²) in [5.74, 6) is 0.537. The highest BCUT2D eigenvalue weighted by molar-refractivity contribution is 5.01. The second-order valence-corrected chi connectivity index (χ2v) is 4.49. The van der Waals surface area contributed by atoms with Crippen LogP contribution in [-0.2, 0) is 4.74 Å². The Morgan fingerprint density at radius 2 is 2.44 bits per heavy atom. The lowest BCUT2D eigenvalue weighted by Gasteiger charge is -2.36. The van der Waals surface area contributed by atoms with Gasteiger partial charge in [0.15, 0.2) is 0 Å². The van der Waals surface area contributed by atoms with Crippen molar-refractivity contribution in [2.45, 2.75) is 25.6 Å². The molecule has 88 valence electrons. The van der Waals surface area contributed by atoms with Crippen LogP contribution in [0, 0.1) is 0 Å². The predicted molar refractivity (Wildman–Crippen MR) is 59.3 cm³/mol. The molecule has 1 aromatic heterocycles. The second kappa shape index (κ2) is 4.76. The molecule has 1 N–H and O–H groups in total. The average Bonchev–Trinajstić information content (AvgIpc) is 2.27. The number of hydrogen-bond acceptors (Lipinski definition) is 5. The second-order valence-electron chi connectivity index (χ2n) is 4.49. The largest absolute Gasteiger partial charge is 0.474 e. The Balaban J connectivity index is 1.82. The first-order valence-electron chi connectivity index (χ1n) is 5.43. The van der Waals surface area contributed by atoms with Crippen molar-refractivity contribution in [3.05, 3.63) is 18.6 Å². The minimum absolute atomic E-state index is 0.0609. The van der Waals surface area contributed by atoms with Crippen LogP contribution < -0.4 is 10.1 Å². The maximum atomic E-state index is 5.86. The lowest BCUT2D eigenvalue weighted by molar-refractivity contribution is -0.107. The van der Waals surface area contributed by atoms with E-state index in [0.717, 1.165) is 13.1 Å². The van der Waals surface area contributed by atoms with Gasteiger partial charge in [0.25, 0.3) is 0 Å². The molecule has 1 fully saturated rings. The van der Waals surface area contributed by atoms with Gasteiger partial charge in [-0.3, -0.25) is 4.98 Å². The predicted octanol–water partition coefficient (Wildman–Crippen LogP) is 0.622. The number of morpholine rings is 1. The van der Waals surface area contributed by atoms with Gasteiger partial charge in [-0.1, -0.05) is 0 Å². The molecular formula is C11H17N3O2. The topological polar surface area (TPSA) is 56.3 Å². The first-order valence-corrected chi connectivity index (χ1v) is 5.43. The SMILES string of the molecule is CC1(C)CNCC(COc2cnccn2)O1. The first-order chi connectivity index (χ1) is 7.66. The third kappa shape index (κ3) is 3.15. The van der Waals surface area contributed by atoms with E-state index in [1.807, 2.05) is 0 Å². The van der Waals surface area contributed by atoms with E-state index in [1.165, 1.54) is 0 Å². The molecule has 1 unspecified atom stereocenters. The van der Waals surface area contributed by atoms with E-state index in [0.29, 0.717) is 12.5 Å². The Morgan fingerprint density at radius 3 is 3.12 bits per heavy atom. The molecule has 0 aliphatic carbocycles. The summed E-state index contributed by atoms with van der Waals surface area (Å²) in [4.78, 5) is 7.97. The van der Waals surface area contributed by atoms with E-state index in [9.17, 15) is 0 Å². The van der Waals surface area contributed by atoms with Gasteiger partial charge in [-0.05, 0) is 13.8 Å². The molecule has 1 aliphatic heterocycles. The van der Waals surface area contributed by atoms with Crippen LogP contribution in [0.2, 0.25) is 0 Å². The molecule has 0 saturated carbocycles. The molecule has 1 aromatic rings. The number of nitrogens with zero attached hydrogens (tertiary/aromatic N) is 2. The molecule has 1 aliphatic rings. The van der Waals surface area contributed by atoms with Crippen LogP contribution in [0.25, 0.3) is 0 Å². The van der Waals surface area contributed by atoms with Gasteiger partial charge in [-0.15, -0.1) is 0 Å². The normalized spacial score (nSPS) is 24.0. The molecule has 0 radical (unpaired) electrons. The fraction of sp³-hybridized carbons (Fsp3) is 0.636. The first kappa shape index (κ1) is 11.3. The maximum absolute atomic E-state index is 5.86. The number of ether oxygens (including phenoxy) is 2. The highest BCUT2D eigenvalue weighted by atomic mass is 16.6. The summed E-state index contributed by atoms with van der Waals surface area (Å²) in [5, 5.41) is 3.32. The van der Waals surface area contributed by atoms with Crippen molar-refractivity contribution in [3.63, 3.8) is 0 Å². The molecule has 16 heavy (non-hydrogen) atoms. The van der Waals surface area contributed by atoms with Crippen molar-refractivity contribution in [1.29, 1.82) is 0 Å². The van der Waals surface area contributed by atoms with Gasteiger partial charge in [-0.25, -0.2) is 4.98 Å². The fourth-order valence-corrected chi connectivity index (χ4v) is 1.70. The Hall–Kier alpha value is -1.20. The minimum Gasteiger partial charge on any atom is -0.474 e. The fourth-order valence-electron chi connectivity index (χ4n) is 1.70. The van der Waals surface area contributed by atoms with E-state index >= 15 is 0 Å². The standard InChI is InChI=1S/C11H17N3O2/c1-11(2)8-13-5-9(16-11)7-15-10-6-12-3-4-14-10/h3-4,6,9,13H,5,7-8H2,1-2H3. The summed E-state index contributed by atoms with van der Waals surface area (Å²) in [6.45, 7) is 6.30. The van der Waals surface area contributed by atoms with Crippen molar-refractivity contribution in [2.75, 3.05) is 19.7 Å². The zero-order valence-electron chi connectivity index (χ0n) is 9.64. The van der Waals surface area contributed by atoms with Gasteiger partial charge in [-0.2, -0.15) is 0 Å². The number of nitrogens with one attached hydrogen (secondary N) is 1. The highest BCUT2D eigenvalue weighted by Crippen LogP contribution is 2.15. The van der Waals surface area contributed by atoms with Gasteiger partial charge in [0.1, 0.15) is 12.7 Å². The zero-order chi connectivity index (χ0) is 11.4. The van der Waals surface area contributed by atoms with Crippen molar-refractivity contribution < 1.29 is 9.47 Å². The molecule has 0 bridgehead atoms. The van der Waals surface area contributed by atoms with Crippen LogP contribution in [0.5, 0.6) is 5.88 Å². The Labute approximate surface area is 95.2 Å². The highest BCUT2D eigenvalue weighted by Gasteiger charge is 2.28. The molecule has 2 rings (SSSR count). The summed E-state index contributed by atoms with van der Waals surface area (Å²) < 4.78 is 11.4. The van der Waals surface area contributed by atoms with Crippen molar-refractivity contribution >= 4 is 0 Å². The number of rotatable bonds is 3. The average molecular weight is 223 g/mol. The molecule has 5 nitrogen and oxygen atoms in total. The summed E-state index contributed by atoms with van der Waals surface area (Å²) in [6.07, 6.45) is 4.89. The van der Waals surface area contributed by atoms with Crippen LogP contribution in [0.4, 0.5) is 0 Å². The molecule has 0 amide bonds. The Morgan fingerprint density at radius 1 is 1.56 bits per heavy atom. The summed E-state index contributed by atoms with van der Waals surface area (Å²) in [6, 6.07) is 0. The van der Waals surface area contributed by atoms with Gasteiger partial charge >= 0.3 is 0 Å². The summed E-state index contributed by atoms with van der Waals surface area (Å²) in [7, 11) is 0. The molecule has 5 heteroatoms. The van der Waals surface area contributed by atoms with Crippen LogP contribution in [-0.4, -0.2) is 41.4 Å². The van der Waals surface area contributed by atoms with Crippen molar-refractivity contribution in [1.82, 2.24) is 15.3 Å². The number of aromatic nitrogens is 2.